The second-order valence-electron chi connectivity index (χ2n) is 6.06. The van der Waals surface area contributed by atoms with Crippen LogP contribution in [0, 0.1) is 5.92 Å². The summed E-state index contributed by atoms with van der Waals surface area (Å²) in [5, 5.41) is 5.65. The minimum Gasteiger partial charge on any atom is -0.491 e. The van der Waals surface area contributed by atoms with E-state index in [0.717, 1.165) is 12.8 Å². The van der Waals surface area contributed by atoms with Crippen molar-refractivity contribution in [2.45, 2.75) is 45.6 Å². The van der Waals surface area contributed by atoms with Gasteiger partial charge in [-0.05, 0) is 30.9 Å². The lowest BCUT2D eigenvalue weighted by Gasteiger charge is -2.18. The molecule has 2 N–H and O–H groups in total. The molecule has 120 valence electrons. The molecule has 1 heterocycles. The Hall–Kier alpha value is -2.04. The quantitative estimate of drug-likeness (QED) is 0.879. The summed E-state index contributed by atoms with van der Waals surface area (Å²) in [6.07, 6.45) is 2.89. The monoisotopic (exact) mass is 304 g/mol. The SMILES string of the molecule is CC(C)COc1ccccc1NC(=O)C1CCCCC(=O)N1. The van der Waals surface area contributed by atoms with E-state index in [4.69, 9.17) is 4.74 Å². The summed E-state index contributed by atoms with van der Waals surface area (Å²) in [5.41, 5.74) is 0.645. The first-order valence-corrected chi connectivity index (χ1v) is 7.88. The molecule has 2 amide bonds. The van der Waals surface area contributed by atoms with E-state index in [9.17, 15) is 9.59 Å². The van der Waals surface area contributed by atoms with E-state index in [0.29, 0.717) is 36.8 Å². The van der Waals surface area contributed by atoms with Crippen LogP contribution in [0.1, 0.15) is 39.5 Å². The van der Waals surface area contributed by atoms with Crippen molar-refractivity contribution >= 4 is 17.5 Å². The molecule has 1 unspecified atom stereocenters. The lowest BCUT2D eigenvalue weighted by molar-refractivity contribution is -0.126. The van der Waals surface area contributed by atoms with Crippen LogP contribution in [0.4, 0.5) is 5.69 Å². The molecular formula is C17H24N2O3. The smallest absolute Gasteiger partial charge is 0.247 e. The number of nitrogens with one attached hydrogen (secondary N) is 2. The van der Waals surface area contributed by atoms with Gasteiger partial charge in [-0.25, -0.2) is 0 Å². The number of carbonyl (C=O) groups excluding carboxylic acids is 2. The maximum atomic E-state index is 12.4. The number of benzene rings is 1. The van der Waals surface area contributed by atoms with E-state index >= 15 is 0 Å². The van der Waals surface area contributed by atoms with Gasteiger partial charge in [-0.2, -0.15) is 0 Å². The van der Waals surface area contributed by atoms with Crippen molar-refractivity contribution in [3.05, 3.63) is 24.3 Å². The summed E-state index contributed by atoms with van der Waals surface area (Å²) in [6, 6.07) is 6.91. The molecule has 0 aliphatic carbocycles. The van der Waals surface area contributed by atoms with Crippen LogP contribution in [0.25, 0.3) is 0 Å². The second-order valence-corrected chi connectivity index (χ2v) is 6.06. The number of carbonyl (C=O) groups is 2. The van der Waals surface area contributed by atoms with Crippen LogP contribution in [0.3, 0.4) is 0 Å². The molecule has 0 aromatic heterocycles. The van der Waals surface area contributed by atoms with Gasteiger partial charge in [0, 0.05) is 6.42 Å². The fourth-order valence-electron chi connectivity index (χ4n) is 2.34. The lowest BCUT2D eigenvalue weighted by atomic mass is 10.1. The Labute approximate surface area is 131 Å². The zero-order chi connectivity index (χ0) is 15.9. The number of anilines is 1. The molecule has 1 aromatic carbocycles. The Morgan fingerprint density at radius 2 is 2.14 bits per heavy atom. The van der Waals surface area contributed by atoms with Crippen LogP contribution in [-0.2, 0) is 9.59 Å². The second kappa shape index (κ2) is 7.82. The Kier molecular flexibility index (Phi) is 5.81. The molecular weight excluding hydrogens is 280 g/mol. The summed E-state index contributed by atoms with van der Waals surface area (Å²) in [6.45, 7) is 4.73. The van der Waals surface area contributed by atoms with Crippen LogP contribution >= 0.6 is 0 Å². The maximum Gasteiger partial charge on any atom is 0.247 e. The highest BCUT2D eigenvalue weighted by Crippen LogP contribution is 2.25. The van der Waals surface area contributed by atoms with Gasteiger partial charge in [-0.1, -0.05) is 32.4 Å². The molecule has 1 aliphatic heterocycles. The topological polar surface area (TPSA) is 67.4 Å². The Balaban J connectivity index is 2.02. The van der Waals surface area contributed by atoms with E-state index in [1.165, 1.54) is 0 Å². The fraction of sp³-hybridized carbons (Fsp3) is 0.529. The molecule has 1 atom stereocenters. The number of amides is 2. The van der Waals surface area contributed by atoms with Crippen molar-refractivity contribution in [3.8, 4) is 5.75 Å². The lowest BCUT2D eigenvalue weighted by Crippen LogP contribution is -2.42. The van der Waals surface area contributed by atoms with Gasteiger partial charge in [0.1, 0.15) is 11.8 Å². The van der Waals surface area contributed by atoms with Crippen molar-refractivity contribution in [2.24, 2.45) is 5.92 Å². The summed E-state index contributed by atoms with van der Waals surface area (Å²) >= 11 is 0. The highest BCUT2D eigenvalue weighted by molar-refractivity contribution is 5.98. The van der Waals surface area contributed by atoms with Gasteiger partial charge in [0.25, 0.3) is 0 Å². The molecule has 1 aliphatic rings. The minimum absolute atomic E-state index is 0.0537. The van der Waals surface area contributed by atoms with E-state index in [-0.39, 0.29) is 11.8 Å². The fourth-order valence-corrected chi connectivity index (χ4v) is 2.34. The van der Waals surface area contributed by atoms with Gasteiger partial charge in [0.05, 0.1) is 12.3 Å². The first-order valence-electron chi connectivity index (χ1n) is 7.88. The first-order chi connectivity index (χ1) is 10.6. The molecule has 5 nitrogen and oxygen atoms in total. The number of hydrogen-bond acceptors (Lipinski definition) is 3. The first kappa shape index (κ1) is 16.3. The van der Waals surface area contributed by atoms with Gasteiger partial charge in [-0.3, -0.25) is 9.59 Å². The highest BCUT2D eigenvalue weighted by atomic mass is 16.5. The average molecular weight is 304 g/mol. The van der Waals surface area contributed by atoms with Crippen LogP contribution in [0.5, 0.6) is 5.75 Å². The third-order valence-corrected chi connectivity index (χ3v) is 3.52. The Morgan fingerprint density at radius 1 is 1.36 bits per heavy atom. The largest absolute Gasteiger partial charge is 0.491 e. The van der Waals surface area contributed by atoms with E-state index in [2.05, 4.69) is 24.5 Å². The molecule has 22 heavy (non-hydrogen) atoms. The number of ether oxygens (including phenoxy) is 1. The molecule has 1 aromatic rings. The molecule has 0 bridgehead atoms. The van der Waals surface area contributed by atoms with E-state index in [1.54, 1.807) is 0 Å². The van der Waals surface area contributed by atoms with Gasteiger partial charge < -0.3 is 15.4 Å². The van der Waals surface area contributed by atoms with Crippen LogP contribution in [-0.4, -0.2) is 24.5 Å². The highest BCUT2D eigenvalue weighted by Gasteiger charge is 2.23. The van der Waals surface area contributed by atoms with Crippen LogP contribution in [0.15, 0.2) is 24.3 Å². The molecule has 1 saturated heterocycles. The van der Waals surface area contributed by atoms with Crippen LogP contribution < -0.4 is 15.4 Å². The minimum atomic E-state index is -0.465. The summed E-state index contributed by atoms with van der Waals surface area (Å²) < 4.78 is 5.73. The number of rotatable bonds is 5. The zero-order valence-corrected chi connectivity index (χ0v) is 13.2. The predicted molar refractivity (Wildman–Crippen MR) is 85.8 cm³/mol. The molecule has 5 heteroatoms. The van der Waals surface area contributed by atoms with Crippen molar-refractivity contribution in [2.75, 3.05) is 11.9 Å². The molecule has 0 radical (unpaired) electrons. The maximum absolute atomic E-state index is 12.4. The molecule has 0 saturated carbocycles. The van der Waals surface area contributed by atoms with Crippen molar-refractivity contribution in [1.29, 1.82) is 0 Å². The summed E-state index contributed by atoms with van der Waals surface area (Å²) in [4.78, 5) is 24.0. The number of para-hydroxylation sites is 2. The third-order valence-electron chi connectivity index (χ3n) is 3.52. The molecule has 1 fully saturated rings. The van der Waals surface area contributed by atoms with Crippen molar-refractivity contribution in [3.63, 3.8) is 0 Å². The summed E-state index contributed by atoms with van der Waals surface area (Å²) in [5.74, 6) is 0.826. The Morgan fingerprint density at radius 3 is 2.91 bits per heavy atom. The van der Waals surface area contributed by atoms with Gasteiger partial charge in [0.2, 0.25) is 11.8 Å². The van der Waals surface area contributed by atoms with E-state index in [1.807, 2.05) is 24.3 Å². The predicted octanol–water partition coefficient (Wildman–Crippen LogP) is 2.72. The average Bonchev–Trinajstić information content (AvgIpc) is 2.71. The third kappa shape index (κ3) is 4.76. The standard InChI is InChI=1S/C17H24N2O3/c1-12(2)11-22-15-9-5-3-7-13(15)19-17(21)14-8-4-6-10-16(20)18-14/h3,5,7,9,12,14H,4,6,8,10-11H2,1-2H3,(H,18,20)(H,19,21). The molecule has 2 rings (SSSR count). The Bertz CT molecular complexity index is 528. The summed E-state index contributed by atoms with van der Waals surface area (Å²) in [7, 11) is 0. The number of hydrogen-bond donors (Lipinski definition) is 2. The normalized spacial score (nSPS) is 18.5. The van der Waals surface area contributed by atoms with Crippen molar-refractivity contribution < 1.29 is 14.3 Å². The zero-order valence-electron chi connectivity index (χ0n) is 13.2. The van der Waals surface area contributed by atoms with Gasteiger partial charge >= 0.3 is 0 Å². The molecule has 0 spiro atoms. The van der Waals surface area contributed by atoms with Gasteiger partial charge in [-0.15, -0.1) is 0 Å². The van der Waals surface area contributed by atoms with Crippen molar-refractivity contribution in [1.82, 2.24) is 5.32 Å². The van der Waals surface area contributed by atoms with E-state index < -0.39 is 6.04 Å². The van der Waals surface area contributed by atoms with Gasteiger partial charge in [0.15, 0.2) is 0 Å². The van der Waals surface area contributed by atoms with Crippen LogP contribution in [0.2, 0.25) is 0 Å².